The predicted molar refractivity (Wildman–Crippen MR) is 132 cm³/mol. The fraction of sp³-hybridized carbons (Fsp3) is 0.692. The van der Waals surface area contributed by atoms with Gasteiger partial charge in [-0.15, -0.1) is 0 Å². The maximum absolute atomic E-state index is 13.5. The molecule has 7 heteroatoms. The fourth-order valence-electron chi connectivity index (χ4n) is 4.81. The molecular formula is C26H40N2O4S. The maximum Gasteiger partial charge on any atom is 0.247 e. The molecular weight excluding hydrogens is 436 g/mol. The van der Waals surface area contributed by atoms with Crippen molar-refractivity contribution in [1.29, 1.82) is 0 Å². The van der Waals surface area contributed by atoms with E-state index in [1.165, 1.54) is 30.0 Å². The van der Waals surface area contributed by atoms with Crippen LogP contribution in [0.5, 0.6) is 5.75 Å². The fourth-order valence-corrected chi connectivity index (χ4v) is 6.64. The minimum absolute atomic E-state index is 0.0432. The Kier molecular flexibility index (Phi) is 9.23. The Balaban J connectivity index is 1.96. The summed E-state index contributed by atoms with van der Waals surface area (Å²) < 4.78 is 34.9. The second-order valence-corrected chi connectivity index (χ2v) is 11.7. The van der Waals surface area contributed by atoms with Crippen molar-refractivity contribution in [1.82, 2.24) is 9.21 Å². The van der Waals surface area contributed by atoms with Crippen LogP contribution in [0.3, 0.4) is 0 Å². The number of rotatable bonds is 7. The van der Waals surface area contributed by atoms with Gasteiger partial charge in [-0.3, -0.25) is 0 Å². The lowest BCUT2D eigenvalue weighted by Crippen LogP contribution is -2.49. The van der Waals surface area contributed by atoms with Crippen LogP contribution in [-0.4, -0.2) is 68.2 Å². The quantitative estimate of drug-likeness (QED) is 0.608. The summed E-state index contributed by atoms with van der Waals surface area (Å²) in [5.41, 5.74) is 0.776. The van der Waals surface area contributed by atoms with Crippen LogP contribution in [0.25, 0.3) is 0 Å². The lowest BCUT2D eigenvalue weighted by Gasteiger charge is -2.37. The van der Waals surface area contributed by atoms with Crippen molar-refractivity contribution in [3.8, 4) is 17.6 Å². The Morgan fingerprint density at radius 1 is 1.30 bits per heavy atom. The molecule has 3 rings (SSSR count). The first-order chi connectivity index (χ1) is 15.8. The molecule has 0 amide bonds. The molecule has 1 fully saturated rings. The Hall–Kier alpha value is -1.59. The standard InChI is InChI=1S/C26H40N2O4S/c1-5-15-27(4)18-25-20(2)17-28(21(3)19-29)33(30,31)26-14-13-23(16-24(26)32-25)12-8-11-22-9-6-7-10-22/h13-14,16,20-22,25,29H,5-7,9-11,15,17-19H2,1-4H3/t20-,21-,25+/m0/s1. The molecule has 1 N–H and O–H groups in total. The number of sulfonamides is 1. The number of benzene rings is 1. The van der Waals surface area contributed by atoms with Gasteiger partial charge in [0.2, 0.25) is 10.0 Å². The number of ether oxygens (including phenoxy) is 1. The molecule has 0 radical (unpaired) electrons. The van der Waals surface area contributed by atoms with E-state index in [0.29, 0.717) is 24.8 Å². The van der Waals surface area contributed by atoms with Gasteiger partial charge in [0, 0.05) is 37.0 Å². The monoisotopic (exact) mass is 476 g/mol. The highest BCUT2D eigenvalue weighted by Gasteiger charge is 2.38. The summed E-state index contributed by atoms with van der Waals surface area (Å²) in [6.07, 6.45) is 6.85. The average Bonchev–Trinajstić information content (AvgIpc) is 3.29. The van der Waals surface area contributed by atoms with Crippen molar-refractivity contribution in [2.45, 2.75) is 76.3 Å². The highest BCUT2D eigenvalue weighted by Crippen LogP contribution is 2.34. The van der Waals surface area contributed by atoms with E-state index in [2.05, 4.69) is 30.7 Å². The molecule has 1 heterocycles. The normalized spacial score (nSPS) is 24.3. The summed E-state index contributed by atoms with van der Waals surface area (Å²) in [7, 11) is -1.75. The Labute approximate surface area is 200 Å². The zero-order chi connectivity index (χ0) is 24.0. The van der Waals surface area contributed by atoms with Crippen LogP contribution in [0.1, 0.15) is 64.9 Å². The van der Waals surface area contributed by atoms with Gasteiger partial charge in [-0.2, -0.15) is 4.31 Å². The van der Waals surface area contributed by atoms with Gasteiger partial charge in [0.05, 0.1) is 6.61 Å². The van der Waals surface area contributed by atoms with Gasteiger partial charge in [0.25, 0.3) is 0 Å². The van der Waals surface area contributed by atoms with Crippen LogP contribution in [0, 0.1) is 23.7 Å². The number of hydrogen-bond donors (Lipinski definition) is 1. The summed E-state index contributed by atoms with van der Waals surface area (Å²) in [6.45, 7) is 7.63. The zero-order valence-corrected chi connectivity index (χ0v) is 21.4. The van der Waals surface area contributed by atoms with Crippen LogP contribution in [0.4, 0.5) is 0 Å². The predicted octanol–water partition coefficient (Wildman–Crippen LogP) is 3.73. The van der Waals surface area contributed by atoms with E-state index in [1.807, 2.05) is 6.92 Å². The number of likely N-dealkylation sites (N-methyl/N-ethyl adjacent to an activating group) is 1. The van der Waals surface area contributed by atoms with Gasteiger partial charge in [-0.25, -0.2) is 8.42 Å². The Morgan fingerprint density at radius 3 is 2.70 bits per heavy atom. The number of nitrogens with zero attached hydrogens (tertiary/aromatic N) is 2. The largest absolute Gasteiger partial charge is 0.487 e. The molecule has 1 aliphatic carbocycles. The van der Waals surface area contributed by atoms with Crippen LogP contribution in [0.15, 0.2) is 23.1 Å². The zero-order valence-electron chi connectivity index (χ0n) is 20.6. The first kappa shape index (κ1) is 26.0. The smallest absolute Gasteiger partial charge is 0.247 e. The molecule has 1 saturated carbocycles. The number of fused-ring (bicyclic) bond motifs is 1. The van der Waals surface area contributed by atoms with Gasteiger partial charge in [-0.05, 0) is 63.9 Å². The second-order valence-electron chi connectivity index (χ2n) is 9.82. The molecule has 1 aromatic carbocycles. The maximum atomic E-state index is 13.5. The van der Waals surface area contributed by atoms with E-state index in [-0.39, 0.29) is 23.5 Å². The molecule has 3 atom stereocenters. The Morgan fingerprint density at radius 2 is 2.03 bits per heavy atom. The number of hydrogen-bond acceptors (Lipinski definition) is 5. The van der Waals surface area contributed by atoms with Gasteiger partial charge >= 0.3 is 0 Å². The van der Waals surface area contributed by atoms with Crippen molar-refractivity contribution in [2.24, 2.45) is 11.8 Å². The van der Waals surface area contributed by atoms with E-state index in [0.717, 1.165) is 24.9 Å². The van der Waals surface area contributed by atoms with Crippen molar-refractivity contribution in [3.05, 3.63) is 23.8 Å². The molecule has 2 aliphatic rings. The molecule has 0 aromatic heterocycles. The Bertz CT molecular complexity index is 947. The number of aliphatic hydroxyl groups excluding tert-OH is 1. The highest BCUT2D eigenvalue weighted by atomic mass is 32.2. The van der Waals surface area contributed by atoms with Crippen molar-refractivity contribution >= 4 is 10.0 Å². The van der Waals surface area contributed by atoms with E-state index in [9.17, 15) is 13.5 Å². The third kappa shape index (κ3) is 6.51. The summed E-state index contributed by atoms with van der Waals surface area (Å²) >= 11 is 0. The molecule has 0 spiro atoms. The lowest BCUT2D eigenvalue weighted by molar-refractivity contribution is 0.0752. The minimum atomic E-state index is -3.81. The van der Waals surface area contributed by atoms with Gasteiger partial charge < -0.3 is 14.7 Å². The van der Waals surface area contributed by atoms with Gasteiger partial charge in [0.15, 0.2) is 0 Å². The molecule has 0 unspecified atom stereocenters. The van der Waals surface area contributed by atoms with Crippen LogP contribution < -0.4 is 4.74 Å². The lowest BCUT2D eigenvalue weighted by atomic mass is 10.0. The van der Waals surface area contributed by atoms with Crippen LogP contribution in [0.2, 0.25) is 0 Å². The third-order valence-electron chi connectivity index (χ3n) is 6.86. The minimum Gasteiger partial charge on any atom is -0.487 e. The number of aliphatic hydroxyl groups is 1. The van der Waals surface area contributed by atoms with Crippen LogP contribution >= 0.6 is 0 Å². The molecule has 184 valence electrons. The van der Waals surface area contributed by atoms with Crippen molar-refractivity contribution in [2.75, 3.05) is 33.3 Å². The molecule has 33 heavy (non-hydrogen) atoms. The first-order valence-corrected chi connectivity index (χ1v) is 13.8. The average molecular weight is 477 g/mol. The van der Waals surface area contributed by atoms with Crippen molar-refractivity contribution in [3.63, 3.8) is 0 Å². The summed E-state index contributed by atoms with van der Waals surface area (Å²) in [4.78, 5) is 2.38. The van der Waals surface area contributed by atoms with Gasteiger partial charge in [0.1, 0.15) is 16.7 Å². The summed E-state index contributed by atoms with van der Waals surface area (Å²) in [5.74, 6) is 7.53. The van der Waals surface area contributed by atoms with E-state index in [4.69, 9.17) is 4.74 Å². The van der Waals surface area contributed by atoms with E-state index >= 15 is 0 Å². The molecule has 1 aromatic rings. The SMILES string of the molecule is CCCN(C)C[C@H]1Oc2cc(C#CCC3CCCC3)ccc2S(=O)(=O)N([C@@H](C)CO)C[C@@H]1C. The summed E-state index contributed by atoms with van der Waals surface area (Å²) in [6, 6.07) is 4.65. The van der Waals surface area contributed by atoms with Crippen molar-refractivity contribution < 1.29 is 18.3 Å². The third-order valence-corrected chi connectivity index (χ3v) is 8.88. The second kappa shape index (κ2) is 11.7. The topological polar surface area (TPSA) is 70.1 Å². The van der Waals surface area contributed by atoms with E-state index in [1.54, 1.807) is 25.1 Å². The van der Waals surface area contributed by atoms with Gasteiger partial charge in [-0.1, -0.05) is 38.5 Å². The molecule has 0 saturated heterocycles. The molecule has 6 nitrogen and oxygen atoms in total. The molecule has 0 bridgehead atoms. The van der Waals surface area contributed by atoms with Crippen LogP contribution in [-0.2, 0) is 10.0 Å². The summed E-state index contributed by atoms with van der Waals surface area (Å²) in [5, 5.41) is 9.76. The molecule has 1 aliphatic heterocycles. The van der Waals surface area contributed by atoms with E-state index < -0.39 is 16.1 Å². The first-order valence-electron chi connectivity index (χ1n) is 12.4. The highest BCUT2D eigenvalue weighted by molar-refractivity contribution is 7.89.